The van der Waals surface area contributed by atoms with Gasteiger partial charge in [-0.2, -0.15) is 0 Å². The van der Waals surface area contributed by atoms with Gasteiger partial charge in [-0.15, -0.1) is 0 Å². The average molecular weight is 307 g/mol. The van der Waals surface area contributed by atoms with Crippen LogP contribution < -0.4 is 4.74 Å². The van der Waals surface area contributed by atoms with E-state index in [1.165, 1.54) is 0 Å². The lowest BCUT2D eigenvalue weighted by Gasteiger charge is -2.17. The molecule has 0 aliphatic heterocycles. The third-order valence-corrected chi connectivity index (χ3v) is 3.74. The Morgan fingerprint density at radius 3 is 2.65 bits per heavy atom. The molecule has 1 N–H and O–H groups in total. The number of benzene rings is 1. The van der Waals surface area contributed by atoms with Crippen LogP contribution in [0.1, 0.15) is 18.6 Å². The molecule has 0 amide bonds. The SMILES string of the molecule is CC(Oc1ccc2[nH]ccc2c1)c1c(Cl)cncc1Cl. The van der Waals surface area contributed by atoms with E-state index in [2.05, 4.69) is 9.97 Å². The number of fused-ring (bicyclic) bond motifs is 1. The maximum atomic E-state index is 6.14. The molecule has 0 aliphatic rings. The van der Waals surface area contributed by atoms with Gasteiger partial charge in [0.15, 0.2) is 0 Å². The fourth-order valence-electron chi connectivity index (χ4n) is 2.18. The summed E-state index contributed by atoms with van der Waals surface area (Å²) < 4.78 is 5.93. The van der Waals surface area contributed by atoms with E-state index in [-0.39, 0.29) is 6.10 Å². The number of H-pyrrole nitrogens is 1. The van der Waals surface area contributed by atoms with E-state index in [0.29, 0.717) is 10.0 Å². The number of rotatable bonds is 3. The molecule has 0 radical (unpaired) electrons. The van der Waals surface area contributed by atoms with E-state index < -0.39 is 0 Å². The van der Waals surface area contributed by atoms with Gasteiger partial charge in [0.1, 0.15) is 11.9 Å². The van der Waals surface area contributed by atoms with Gasteiger partial charge in [-0.3, -0.25) is 4.98 Å². The lowest BCUT2D eigenvalue weighted by atomic mass is 10.1. The second-order valence-electron chi connectivity index (χ2n) is 4.50. The normalized spacial score (nSPS) is 12.6. The summed E-state index contributed by atoms with van der Waals surface area (Å²) in [4.78, 5) is 7.09. The molecule has 20 heavy (non-hydrogen) atoms. The minimum absolute atomic E-state index is 0.255. The van der Waals surface area contributed by atoms with Crippen molar-refractivity contribution < 1.29 is 4.74 Å². The van der Waals surface area contributed by atoms with Crippen LogP contribution in [0.15, 0.2) is 42.9 Å². The van der Waals surface area contributed by atoms with Gasteiger partial charge in [-0.1, -0.05) is 23.2 Å². The molecule has 5 heteroatoms. The Hall–Kier alpha value is -1.71. The fourth-order valence-corrected chi connectivity index (χ4v) is 2.85. The van der Waals surface area contributed by atoms with Gasteiger partial charge in [0.05, 0.1) is 10.0 Å². The van der Waals surface area contributed by atoms with E-state index in [1.807, 2.05) is 37.4 Å². The Labute approximate surface area is 126 Å². The standard InChI is InChI=1S/C15H12Cl2N2O/c1-9(15-12(16)7-18-8-13(15)17)20-11-2-3-14-10(6-11)4-5-19-14/h2-9,19H,1H3. The fraction of sp³-hybridized carbons (Fsp3) is 0.133. The van der Waals surface area contributed by atoms with E-state index in [0.717, 1.165) is 22.2 Å². The summed E-state index contributed by atoms with van der Waals surface area (Å²) in [6, 6.07) is 7.87. The smallest absolute Gasteiger partial charge is 0.124 e. The molecule has 2 heterocycles. The van der Waals surface area contributed by atoms with Gasteiger partial charge < -0.3 is 9.72 Å². The highest BCUT2D eigenvalue weighted by Gasteiger charge is 2.16. The largest absolute Gasteiger partial charge is 0.486 e. The number of hydrogen-bond acceptors (Lipinski definition) is 2. The monoisotopic (exact) mass is 306 g/mol. The summed E-state index contributed by atoms with van der Waals surface area (Å²) >= 11 is 12.3. The predicted octanol–water partition coefficient (Wildman–Crippen LogP) is 5.01. The first-order valence-electron chi connectivity index (χ1n) is 6.18. The molecule has 0 bridgehead atoms. The number of nitrogens with zero attached hydrogens (tertiary/aromatic N) is 1. The number of ether oxygens (including phenoxy) is 1. The number of halogens is 2. The Balaban J connectivity index is 1.90. The van der Waals surface area contributed by atoms with Crippen LogP contribution in [-0.2, 0) is 0 Å². The Morgan fingerprint density at radius 1 is 1.15 bits per heavy atom. The van der Waals surface area contributed by atoms with Crippen molar-refractivity contribution >= 4 is 34.1 Å². The zero-order valence-corrected chi connectivity index (χ0v) is 12.2. The second-order valence-corrected chi connectivity index (χ2v) is 5.32. The highest BCUT2D eigenvalue weighted by molar-refractivity contribution is 6.35. The van der Waals surface area contributed by atoms with Crippen LogP contribution in [0.4, 0.5) is 0 Å². The lowest BCUT2D eigenvalue weighted by molar-refractivity contribution is 0.227. The molecule has 2 aromatic heterocycles. The minimum Gasteiger partial charge on any atom is -0.486 e. The predicted molar refractivity (Wildman–Crippen MR) is 81.6 cm³/mol. The molecule has 102 valence electrons. The van der Waals surface area contributed by atoms with Crippen molar-refractivity contribution in [2.75, 3.05) is 0 Å². The quantitative estimate of drug-likeness (QED) is 0.738. The van der Waals surface area contributed by atoms with Crippen molar-refractivity contribution in [3.8, 4) is 5.75 Å². The van der Waals surface area contributed by atoms with Gasteiger partial charge >= 0.3 is 0 Å². The van der Waals surface area contributed by atoms with Crippen LogP contribution in [0.5, 0.6) is 5.75 Å². The van der Waals surface area contributed by atoms with Crippen LogP contribution in [-0.4, -0.2) is 9.97 Å². The van der Waals surface area contributed by atoms with Gasteiger partial charge in [0.2, 0.25) is 0 Å². The Kier molecular flexibility index (Phi) is 3.55. The molecule has 0 aliphatic carbocycles. The molecular formula is C15H12Cl2N2O. The highest BCUT2D eigenvalue weighted by atomic mass is 35.5. The first-order chi connectivity index (χ1) is 9.65. The van der Waals surface area contributed by atoms with E-state index in [9.17, 15) is 0 Å². The van der Waals surface area contributed by atoms with Gasteiger partial charge in [-0.05, 0) is 31.2 Å². The van der Waals surface area contributed by atoms with Crippen molar-refractivity contribution in [3.05, 3.63) is 58.5 Å². The first-order valence-corrected chi connectivity index (χ1v) is 6.93. The van der Waals surface area contributed by atoms with Crippen LogP contribution >= 0.6 is 23.2 Å². The zero-order chi connectivity index (χ0) is 14.1. The van der Waals surface area contributed by atoms with Gasteiger partial charge in [0, 0.05) is 35.1 Å². The van der Waals surface area contributed by atoms with Crippen LogP contribution in [0.2, 0.25) is 10.0 Å². The van der Waals surface area contributed by atoms with E-state index in [4.69, 9.17) is 27.9 Å². The molecule has 0 saturated heterocycles. The maximum absolute atomic E-state index is 6.14. The van der Waals surface area contributed by atoms with Crippen molar-refractivity contribution in [2.24, 2.45) is 0 Å². The van der Waals surface area contributed by atoms with E-state index >= 15 is 0 Å². The number of aromatic nitrogens is 2. The molecule has 3 nitrogen and oxygen atoms in total. The molecular weight excluding hydrogens is 295 g/mol. The summed E-state index contributed by atoms with van der Waals surface area (Å²) in [5.74, 6) is 0.772. The third-order valence-electron chi connectivity index (χ3n) is 3.13. The lowest BCUT2D eigenvalue weighted by Crippen LogP contribution is -2.05. The molecule has 0 spiro atoms. The maximum Gasteiger partial charge on any atom is 0.124 e. The highest BCUT2D eigenvalue weighted by Crippen LogP contribution is 2.32. The Morgan fingerprint density at radius 2 is 1.90 bits per heavy atom. The molecule has 0 saturated carbocycles. The number of hydrogen-bond donors (Lipinski definition) is 1. The van der Waals surface area contributed by atoms with Crippen molar-refractivity contribution in [2.45, 2.75) is 13.0 Å². The molecule has 1 aromatic carbocycles. The summed E-state index contributed by atoms with van der Waals surface area (Å²) in [6.45, 7) is 1.91. The summed E-state index contributed by atoms with van der Waals surface area (Å²) in [6.07, 6.45) is 4.78. The summed E-state index contributed by atoms with van der Waals surface area (Å²) in [5.41, 5.74) is 1.82. The number of aromatic amines is 1. The number of pyridine rings is 1. The van der Waals surface area contributed by atoms with Crippen molar-refractivity contribution in [3.63, 3.8) is 0 Å². The topological polar surface area (TPSA) is 37.9 Å². The summed E-state index contributed by atoms with van der Waals surface area (Å²) in [7, 11) is 0. The summed E-state index contributed by atoms with van der Waals surface area (Å²) in [5, 5.41) is 2.11. The van der Waals surface area contributed by atoms with Crippen LogP contribution in [0.25, 0.3) is 10.9 Å². The Bertz CT molecular complexity index is 734. The molecule has 1 unspecified atom stereocenters. The van der Waals surface area contributed by atoms with Crippen LogP contribution in [0, 0.1) is 0 Å². The van der Waals surface area contributed by atoms with Gasteiger partial charge in [-0.25, -0.2) is 0 Å². The van der Waals surface area contributed by atoms with Crippen molar-refractivity contribution in [1.82, 2.24) is 9.97 Å². The molecule has 3 aromatic rings. The van der Waals surface area contributed by atoms with Gasteiger partial charge in [0.25, 0.3) is 0 Å². The first kappa shape index (κ1) is 13.3. The number of nitrogens with one attached hydrogen (secondary N) is 1. The average Bonchev–Trinajstić information content (AvgIpc) is 2.85. The third kappa shape index (κ3) is 2.47. The van der Waals surface area contributed by atoms with Crippen molar-refractivity contribution in [1.29, 1.82) is 0 Å². The zero-order valence-electron chi connectivity index (χ0n) is 10.7. The van der Waals surface area contributed by atoms with Crippen LogP contribution in [0.3, 0.4) is 0 Å². The second kappa shape index (κ2) is 5.35. The van der Waals surface area contributed by atoms with E-state index in [1.54, 1.807) is 12.4 Å². The minimum atomic E-state index is -0.255. The molecule has 1 atom stereocenters. The molecule has 3 rings (SSSR count). The molecule has 0 fully saturated rings.